The Hall–Kier alpha value is -3.59. The Labute approximate surface area is 158 Å². The Morgan fingerprint density at radius 1 is 0.852 bits per heavy atom. The summed E-state index contributed by atoms with van der Waals surface area (Å²) in [7, 11) is 0. The lowest BCUT2D eigenvalue weighted by atomic mass is 10.2. The van der Waals surface area contributed by atoms with Gasteiger partial charge in [-0.2, -0.15) is 10.2 Å². The Morgan fingerprint density at radius 3 is 2.22 bits per heavy atom. The van der Waals surface area contributed by atoms with Gasteiger partial charge in [0.05, 0.1) is 11.6 Å². The first-order valence-corrected chi connectivity index (χ1v) is 9.02. The molecule has 2 N–H and O–H groups in total. The quantitative estimate of drug-likeness (QED) is 0.704. The zero-order valence-corrected chi connectivity index (χ0v) is 14.9. The van der Waals surface area contributed by atoms with Crippen molar-refractivity contribution in [2.24, 2.45) is 0 Å². The zero-order valence-electron chi connectivity index (χ0n) is 14.9. The highest BCUT2D eigenvalue weighted by molar-refractivity contribution is 5.62. The highest BCUT2D eigenvalue weighted by atomic mass is 15.2. The number of nitrogens with one attached hydrogen (secondary N) is 2. The first-order valence-electron chi connectivity index (χ1n) is 9.02. The van der Waals surface area contributed by atoms with E-state index in [1.54, 1.807) is 24.4 Å². The smallest absolute Gasteiger partial charge is 0.229 e. The predicted octanol–water partition coefficient (Wildman–Crippen LogP) is 4.44. The van der Waals surface area contributed by atoms with Crippen molar-refractivity contribution in [1.82, 2.24) is 9.97 Å². The maximum absolute atomic E-state index is 8.87. The Morgan fingerprint density at radius 2 is 1.52 bits per heavy atom. The monoisotopic (exact) mass is 356 g/mol. The number of hydrogen-bond acceptors (Lipinski definition) is 6. The minimum absolute atomic E-state index is 0.530. The first kappa shape index (κ1) is 16.9. The lowest BCUT2D eigenvalue weighted by Gasteiger charge is -2.17. The van der Waals surface area contributed by atoms with Crippen molar-refractivity contribution in [3.8, 4) is 6.07 Å². The summed E-state index contributed by atoms with van der Waals surface area (Å²) in [5.41, 5.74) is 3.71. The van der Waals surface area contributed by atoms with E-state index in [9.17, 15) is 0 Å². The summed E-state index contributed by atoms with van der Waals surface area (Å²) >= 11 is 0. The second-order valence-corrected chi connectivity index (χ2v) is 6.45. The number of nitrogens with zero attached hydrogens (tertiary/aromatic N) is 4. The fraction of sp³-hybridized carbons (Fsp3) is 0.190. The van der Waals surface area contributed by atoms with Gasteiger partial charge >= 0.3 is 0 Å². The zero-order chi connectivity index (χ0) is 18.5. The van der Waals surface area contributed by atoms with Crippen molar-refractivity contribution in [2.75, 3.05) is 28.6 Å². The molecule has 6 nitrogen and oxygen atoms in total. The SMILES string of the molecule is N#Cc1ccc(Nc2ccnc(Nc3ccc(N4CCCC4)cc3)n2)cc1. The van der Waals surface area contributed by atoms with Gasteiger partial charge in [-0.25, -0.2) is 4.98 Å². The lowest BCUT2D eigenvalue weighted by Crippen LogP contribution is -2.17. The molecule has 0 saturated carbocycles. The lowest BCUT2D eigenvalue weighted by molar-refractivity contribution is 0.949. The molecule has 0 bridgehead atoms. The average Bonchev–Trinajstić information content (AvgIpc) is 3.24. The molecular weight excluding hydrogens is 336 g/mol. The molecule has 0 amide bonds. The average molecular weight is 356 g/mol. The van der Waals surface area contributed by atoms with Crippen LogP contribution in [-0.4, -0.2) is 23.1 Å². The van der Waals surface area contributed by atoms with Crippen LogP contribution in [0.1, 0.15) is 18.4 Å². The van der Waals surface area contributed by atoms with E-state index in [4.69, 9.17) is 5.26 Å². The Bertz CT molecular complexity index is 938. The van der Waals surface area contributed by atoms with Crippen LogP contribution in [0.3, 0.4) is 0 Å². The van der Waals surface area contributed by atoms with E-state index in [1.165, 1.54) is 18.5 Å². The van der Waals surface area contributed by atoms with E-state index in [-0.39, 0.29) is 0 Å². The molecule has 1 saturated heterocycles. The van der Waals surface area contributed by atoms with Crippen LogP contribution in [0.2, 0.25) is 0 Å². The Kier molecular flexibility index (Phi) is 4.84. The molecular formula is C21H20N6. The molecule has 2 aromatic carbocycles. The van der Waals surface area contributed by atoms with E-state index in [1.807, 2.05) is 12.1 Å². The van der Waals surface area contributed by atoms with Crippen LogP contribution in [0.25, 0.3) is 0 Å². The van der Waals surface area contributed by atoms with Crippen molar-refractivity contribution < 1.29 is 0 Å². The minimum atomic E-state index is 0.530. The largest absolute Gasteiger partial charge is 0.372 e. The van der Waals surface area contributed by atoms with Gasteiger partial charge in [-0.3, -0.25) is 0 Å². The molecule has 6 heteroatoms. The Balaban J connectivity index is 1.43. The summed E-state index contributed by atoms with van der Waals surface area (Å²) in [6.45, 7) is 2.28. The summed E-state index contributed by atoms with van der Waals surface area (Å²) in [6.07, 6.45) is 4.25. The van der Waals surface area contributed by atoms with Gasteiger partial charge in [0.1, 0.15) is 5.82 Å². The van der Waals surface area contributed by atoms with Gasteiger partial charge < -0.3 is 15.5 Å². The summed E-state index contributed by atoms with van der Waals surface area (Å²) in [6, 6.07) is 19.5. The molecule has 2 heterocycles. The summed E-state index contributed by atoms with van der Waals surface area (Å²) in [5, 5.41) is 15.3. The van der Waals surface area contributed by atoms with Gasteiger partial charge in [-0.05, 0) is 67.4 Å². The minimum Gasteiger partial charge on any atom is -0.372 e. The number of anilines is 5. The molecule has 0 unspecified atom stereocenters. The number of rotatable bonds is 5. The highest BCUT2D eigenvalue weighted by Gasteiger charge is 2.11. The number of nitriles is 1. The highest BCUT2D eigenvalue weighted by Crippen LogP contribution is 2.23. The molecule has 0 aliphatic carbocycles. The molecule has 3 aromatic rings. The van der Waals surface area contributed by atoms with Crippen molar-refractivity contribution in [2.45, 2.75) is 12.8 Å². The van der Waals surface area contributed by atoms with E-state index in [0.717, 1.165) is 24.5 Å². The number of aromatic nitrogens is 2. The molecule has 1 aliphatic heterocycles. The normalized spacial score (nSPS) is 13.2. The van der Waals surface area contributed by atoms with Crippen LogP contribution in [0, 0.1) is 11.3 Å². The van der Waals surface area contributed by atoms with E-state index < -0.39 is 0 Å². The van der Waals surface area contributed by atoms with Gasteiger partial charge in [-0.15, -0.1) is 0 Å². The van der Waals surface area contributed by atoms with Crippen LogP contribution >= 0.6 is 0 Å². The summed E-state index contributed by atoms with van der Waals surface area (Å²) < 4.78 is 0. The van der Waals surface area contributed by atoms with E-state index >= 15 is 0 Å². The molecule has 1 aliphatic rings. The van der Waals surface area contributed by atoms with Crippen molar-refractivity contribution in [3.05, 3.63) is 66.4 Å². The van der Waals surface area contributed by atoms with Gasteiger partial charge in [0.25, 0.3) is 0 Å². The second kappa shape index (κ2) is 7.75. The number of hydrogen-bond donors (Lipinski definition) is 2. The predicted molar refractivity (Wildman–Crippen MR) is 108 cm³/mol. The summed E-state index contributed by atoms with van der Waals surface area (Å²) in [4.78, 5) is 11.2. The van der Waals surface area contributed by atoms with Crippen LogP contribution in [-0.2, 0) is 0 Å². The third-order valence-corrected chi connectivity index (χ3v) is 4.54. The first-order chi connectivity index (χ1) is 13.3. The van der Waals surface area contributed by atoms with Crippen molar-refractivity contribution in [1.29, 1.82) is 5.26 Å². The molecule has 1 aromatic heterocycles. The van der Waals surface area contributed by atoms with Gasteiger partial charge in [0, 0.05) is 36.3 Å². The van der Waals surface area contributed by atoms with Crippen molar-refractivity contribution in [3.63, 3.8) is 0 Å². The molecule has 27 heavy (non-hydrogen) atoms. The van der Waals surface area contributed by atoms with E-state index in [2.05, 4.69) is 55.8 Å². The van der Waals surface area contributed by atoms with Crippen LogP contribution in [0.15, 0.2) is 60.8 Å². The second-order valence-electron chi connectivity index (χ2n) is 6.45. The summed E-state index contributed by atoms with van der Waals surface area (Å²) in [5.74, 6) is 1.22. The van der Waals surface area contributed by atoms with Gasteiger partial charge in [0.15, 0.2) is 0 Å². The van der Waals surface area contributed by atoms with Gasteiger partial charge in [0.2, 0.25) is 5.95 Å². The molecule has 1 fully saturated rings. The standard InChI is InChI=1S/C21H20N6/c22-15-16-3-5-17(6-4-16)24-20-11-12-23-21(26-20)25-18-7-9-19(10-8-18)27-13-1-2-14-27/h3-12H,1-2,13-14H2,(H2,23,24,25,26). The molecule has 0 spiro atoms. The van der Waals surface area contributed by atoms with Gasteiger partial charge in [-0.1, -0.05) is 0 Å². The fourth-order valence-electron chi connectivity index (χ4n) is 3.12. The van der Waals surface area contributed by atoms with Crippen molar-refractivity contribution >= 4 is 28.8 Å². The maximum Gasteiger partial charge on any atom is 0.229 e. The van der Waals surface area contributed by atoms with Crippen LogP contribution < -0.4 is 15.5 Å². The molecule has 0 radical (unpaired) electrons. The molecule has 0 atom stereocenters. The van der Waals surface area contributed by atoms with E-state index in [0.29, 0.717) is 17.3 Å². The topological polar surface area (TPSA) is 76.9 Å². The van der Waals surface area contributed by atoms with Crippen LogP contribution in [0.4, 0.5) is 28.8 Å². The maximum atomic E-state index is 8.87. The third-order valence-electron chi connectivity index (χ3n) is 4.54. The fourth-order valence-corrected chi connectivity index (χ4v) is 3.12. The molecule has 134 valence electrons. The van der Waals surface area contributed by atoms with Crippen LogP contribution in [0.5, 0.6) is 0 Å². The molecule has 4 rings (SSSR count). The number of benzene rings is 2. The third kappa shape index (κ3) is 4.15.